The number of nitrogens with one attached hydrogen (secondary N) is 1. The number of amides is 1. The van der Waals surface area contributed by atoms with Crippen molar-refractivity contribution in [3.05, 3.63) is 64.2 Å². The van der Waals surface area contributed by atoms with Gasteiger partial charge in [0.05, 0.1) is 22.3 Å². The second-order valence-electron chi connectivity index (χ2n) is 7.15. The lowest BCUT2D eigenvalue weighted by molar-refractivity contribution is 0.0952. The van der Waals surface area contributed by atoms with Crippen molar-refractivity contribution in [3.8, 4) is 5.75 Å². The Hall–Kier alpha value is -2.79. The Labute approximate surface area is 164 Å². The van der Waals surface area contributed by atoms with Crippen molar-refractivity contribution in [2.75, 3.05) is 11.9 Å². The summed E-state index contributed by atoms with van der Waals surface area (Å²) < 4.78 is 0. The fourth-order valence-electron chi connectivity index (χ4n) is 3.17. The molecular formula is C21H22ClN3O2. The number of hydrogen-bond donors (Lipinski definition) is 2. The highest BCUT2D eigenvalue weighted by molar-refractivity contribution is 6.33. The van der Waals surface area contributed by atoms with Crippen molar-refractivity contribution < 1.29 is 9.90 Å². The third kappa shape index (κ3) is 3.69. The van der Waals surface area contributed by atoms with Crippen molar-refractivity contribution in [2.45, 2.75) is 26.3 Å². The van der Waals surface area contributed by atoms with Crippen molar-refractivity contribution in [1.82, 2.24) is 5.43 Å². The van der Waals surface area contributed by atoms with Crippen molar-refractivity contribution in [1.29, 1.82) is 0 Å². The molecule has 1 heterocycles. The summed E-state index contributed by atoms with van der Waals surface area (Å²) in [4.78, 5) is 14.3. The molecule has 0 saturated heterocycles. The quantitative estimate of drug-likeness (QED) is 0.608. The van der Waals surface area contributed by atoms with E-state index in [1.165, 1.54) is 18.3 Å². The van der Waals surface area contributed by atoms with Crippen molar-refractivity contribution >= 4 is 35.0 Å². The Kier molecular flexibility index (Phi) is 4.98. The lowest BCUT2D eigenvalue weighted by Crippen LogP contribution is -2.42. The van der Waals surface area contributed by atoms with Gasteiger partial charge in [0.1, 0.15) is 5.75 Å². The first kappa shape index (κ1) is 19.0. The highest BCUT2D eigenvalue weighted by Gasteiger charge is 2.29. The first-order valence-electron chi connectivity index (χ1n) is 8.59. The number of hydrazone groups is 1. The van der Waals surface area contributed by atoms with Gasteiger partial charge >= 0.3 is 0 Å². The van der Waals surface area contributed by atoms with E-state index in [2.05, 4.69) is 42.3 Å². The van der Waals surface area contributed by atoms with Crippen LogP contribution in [0.4, 0.5) is 5.69 Å². The zero-order valence-electron chi connectivity index (χ0n) is 15.7. The predicted molar refractivity (Wildman–Crippen MR) is 111 cm³/mol. The molecule has 27 heavy (non-hydrogen) atoms. The zero-order chi connectivity index (χ0) is 19.8. The Bertz CT molecular complexity index is 964. The van der Waals surface area contributed by atoms with Crippen LogP contribution in [0, 0.1) is 0 Å². The number of aromatic hydroxyl groups is 1. The number of allylic oxidation sites excluding steroid dienone is 1. The summed E-state index contributed by atoms with van der Waals surface area (Å²) in [5, 5.41) is 14.3. The number of phenols is 1. The molecule has 5 nitrogen and oxygen atoms in total. The third-order valence-corrected chi connectivity index (χ3v) is 5.18. The van der Waals surface area contributed by atoms with Crippen LogP contribution < -0.4 is 10.3 Å². The number of likely N-dealkylation sites (N-methyl/N-ethyl adjacent to an activating group) is 1. The molecule has 0 aromatic heterocycles. The number of para-hydroxylation sites is 1. The summed E-state index contributed by atoms with van der Waals surface area (Å²) in [7, 11) is 2.04. The molecule has 2 aromatic carbocycles. The van der Waals surface area contributed by atoms with Crippen molar-refractivity contribution in [3.63, 3.8) is 0 Å². The maximum atomic E-state index is 12.1. The molecule has 0 saturated carbocycles. The van der Waals surface area contributed by atoms with Crippen LogP contribution in [0.15, 0.2) is 47.6 Å². The number of carbonyl (C=O) groups is 1. The van der Waals surface area contributed by atoms with Gasteiger partial charge in [-0.3, -0.25) is 4.79 Å². The molecule has 1 aliphatic heterocycles. The number of carbonyl (C=O) groups excluding carboxylic acids is 1. The molecule has 2 aromatic rings. The maximum absolute atomic E-state index is 12.1. The molecule has 0 aliphatic carbocycles. The number of hydrogen-bond acceptors (Lipinski definition) is 4. The lowest BCUT2D eigenvalue weighted by atomic mass is 9.88. The molecule has 6 heteroatoms. The Morgan fingerprint density at radius 2 is 2.00 bits per heavy atom. The molecule has 140 valence electrons. The SMILES string of the molecule is CC1=CC(C)(C)N(C)c2cc(Cl)c(/C=N\NC(=O)c3ccccc3O)cc21. The number of rotatable bonds is 3. The van der Waals surface area contributed by atoms with E-state index < -0.39 is 5.91 Å². The van der Waals surface area contributed by atoms with Gasteiger partial charge in [0.15, 0.2) is 0 Å². The maximum Gasteiger partial charge on any atom is 0.275 e. The van der Waals surface area contributed by atoms with Gasteiger partial charge < -0.3 is 10.0 Å². The number of anilines is 1. The summed E-state index contributed by atoms with van der Waals surface area (Å²) in [5.41, 5.74) is 6.48. The lowest BCUT2D eigenvalue weighted by Gasteiger charge is -2.40. The Balaban J connectivity index is 1.85. The van der Waals surface area contributed by atoms with E-state index in [1.807, 2.05) is 19.2 Å². The van der Waals surface area contributed by atoms with E-state index in [1.54, 1.807) is 12.1 Å². The predicted octanol–water partition coefficient (Wildman–Crippen LogP) is 4.44. The Morgan fingerprint density at radius 3 is 2.70 bits per heavy atom. The standard InChI is InChI=1S/C21H22ClN3O2/c1-13-11-21(2,3)25(4)18-10-17(22)14(9-16(13)18)12-23-24-20(27)15-7-5-6-8-19(15)26/h5-12,26H,1-4H3,(H,24,27)/b23-12-. The number of halogens is 1. The van der Waals surface area contributed by atoms with E-state index in [-0.39, 0.29) is 16.9 Å². The van der Waals surface area contributed by atoms with Crippen LogP contribution >= 0.6 is 11.6 Å². The van der Waals surface area contributed by atoms with Crippen LogP contribution in [0.3, 0.4) is 0 Å². The van der Waals surface area contributed by atoms with Crippen LogP contribution in [-0.4, -0.2) is 29.8 Å². The highest BCUT2D eigenvalue weighted by Crippen LogP contribution is 2.40. The van der Waals surface area contributed by atoms with Gasteiger partial charge in [-0.05, 0) is 50.6 Å². The van der Waals surface area contributed by atoms with Gasteiger partial charge in [0, 0.05) is 23.9 Å². The minimum Gasteiger partial charge on any atom is -0.507 e. The van der Waals surface area contributed by atoms with Crippen LogP contribution in [0.25, 0.3) is 5.57 Å². The van der Waals surface area contributed by atoms with Gasteiger partial charge in [0.2, 0.25) is 0 Å². The zero-order valence-corrected chi connectivity index (χ0v) is 16.5. The second-order valence-corrected chi connectivity index (χ2v) is 7.55. The number of fused-ring (bicyclic) bond motifs is 1. The van der Waals surface area contributed by atoms with Gasteiger partial charge in [-0.25, -0.2) is 5.43 Å². The first-order chi connectivity index (χ1) is 12.7. The van der Waals surface area contributed by atoms with Crippen molar-refractivity contribution in [2.24, 2.45) is 5.10 Å². The molecule has 0 fully saturated rings. The molecular weight excluding hydrogens is 362 g/mol. The third-order valence-electron chi connectivity index (χ3n) is 4.85. The molecule has 1 amide bonds. The minimum atomic E-state index is -0.490. The number of nitrogens with zero attached hydrogens (tertiary/aromatic N) is 2. The monoisotopic (exact) mass is 383 g/mol. The summed E-state index contributed by atoms with van der Waals surface area (Å²) in [6.45, 7) is 6.37. The minimum absolute atomic E-state index is 0.0940. The fourth-order valence-corrected chi connectivity index (χ4v) is 3.38. The number of phenolic OH excluding ortho intramolecular Hbond substituents is 1. The molecule has 0 unspecified atom stereocenters. The molecule has 0 atom stereocenters. The molecule has 0 bridgehead atoms. The highest BCUT2D eigenvalue weighted by atomic mass is 35.5. The Morgan fingerprint density at radius 1 is 1.30 bits per heavy atom. The summed E-state index contributed by atoms with van der Waals surface area (Å²) in [6.07, 6.45) is 3.72. The van der Waals surface area contributed by atoms with Crippen LogP contribution in [0.2, 0.25) is 5.02 Å². The second kappa shape index (κ2) is 7.08. The first-order valence-corrected chi connectivity index (χ1v) is 8.97. The van der Waals surface area contributed by atoms with E-state index in [0.29, 0.717) is 10.6 Å². The smallest absolute Gasteiger partial charge is 0.275 e. The van der Waals surface area contributed by atoms with E-state index in [0.717, 1.165) is 16.8 Å². The topological polar surface area (TPSA) is 64.9 Å². The molecule has 2 N–H and O–H groups in total. The average molecular weight is 384 g/mol. The van der Waals surface area contributed by atoms with Gasteiger partial charge in [0.25, 0.3) is 5.91 Å². The summed E-state index contributed by atoms with van der Waals surface area (Å²) >= 11 is 6.43. The van der Waals surface area contributed by atoms with Crippen LogP contribution in [0.5, 0.6) is 5.75 Å². The molecule has 3 rings (SSSR count). The summed E-state index contributed by atoms with van der Waals surface area (Å²) in [5.74, 6) is -0.584. The van der Waals surface area contributed by atoms with Gasteiger partial charge in [-0.1, -0.05) is 29.8 Å². The van der Waals surface area contributed by atoms with E-state index in [9.17, 15) is 9.90 Å². The normalized spacial score (nSPS) is 15.4. The molecule has 0 spiro atoms. The van der Waals surface area contributed by atoms with E-state index >= 15 is 0 Å². The average Bonchev–Trinajstić information content (AvgIpc) is 2.60. The van der Waals surface area contributed by atoms with Crippen LogP contribution in [0.1, 0.15) is 42.3 Å². The van der Waals surface area contributed by atoms with Crippen LogP contribution in [-0.2, 0) is 0 Å². The molecule has 0 radical (unpaired) electrons. The van der Waals surface area contributed by atoms with E-state index in [4.69, 9.17) is 11.6 Å². The van der Waals surface area contributed by atoms with Gasteiger partial charge in [-0.15, -0.1) is 0 Å². The number of benzene rings is 2. The summed E-state index contributed by atoms with van der Waals surface area (Å²) in [6, 6.07) is 10.2. The van der Waals surface area contributed by atoms with Gasteiger partial charge in [-0.2, -0.15) is 5.10 Å². The molecule has 1 aliphatic rings. The largest absolute Gasteiger partial charge is 0.507 e. The fraction of sp³-hybridized carbons (Fsp3) is 0.238.